The minimum absolute atomic E-state index is 0.407. The molecule has 2 heterocycles. The number of benzene rings is 1. The average Bonchev–Trinajstić information content (AvgIpc) is 3.18. The molecule has 8 heteroatoms. The Hall–Kier alpha value is -2.64. The van der Waals surface area contributed by atoms with Gasteiger partial charge in [0.2, 0.25) is 5.82 Å². The molecule has 2 aromatic heterocycles. The normalized spacial score (nSPS) is 11.3. The van der Waals surface area contributed by atoms with E-state index in [-0.39, 0.29) is 0 Å². The topological polar surface area (TPSA) is 87.2 Å². The van der Waals surface area contributed by atoms with Crippen molar-refractivity contribution in [3.63, 3.8) is 0 Å². The first-order valence-corrected chi connectivity index (χ1v) is 7.80. The van der Waals surface area contributed by atoms with Gasteiger partial charge in [-0.2, -0.15) is 4.80 Å². The summed E-state index contributed by atoms with van der Waals surface area (Å²) >= 11 is 0. The maximum atomic E-state index is 4.42. The highest BCUT2D eigenvalue weighted by atomic mass is 15.6. The van der Waals surface area contributed by atoms with Crippen molar-refractivity contribution in [3.05, 3.63) is 35.7 Å². The molecule has 0 fully saturated rings. The van der Waals surface area contributed by atoms with Crippen molar-refractivity contribution in [3.8, 4) is 11.4 Å². The Bertz CT molecular complexity index is 756. The van der Waals surface area contributed by atoms with Crippen LogP contribution in [0.1, 0.15) is 44.5 Å². The second-order valence-corrected chi connectivity index (χ2v) is 5.74. The van der Waals surface area contributed by atoms with E-state index >= 15 is 0 Å². The summed E-state index contributed by atoms with van der Waals surface area (Å²) in [4.78, 5) is 1.52. The maximum Gasteiger partial charge on any atom is 0.204 e. The van der Waals surface area contributed by atoms with Crippen LogP contribution in [0.25, 0.3) is 11.4 Å². The van der Waals surface area contributed by atoms with Crippen LogP contribution in [0.3, 0.4) is 0 Å². The van der Waals surface area contributed by atoms with Crippen LogP contribution >= 0.6 is 0 Å². The molecule has 1 aromatic carbocycles. The molecule has 0 spiro atoms. The van der Waals surface area contributed by atoms with E-state index in [4.69, 9.17) is 0 Å². The zero-order chi connectivity index (χ0) is 16.2. The Kier molecular flexibility index (Phi) is 4.40. The molecule has 0 aliphatic heterocycles. The number of hydrogen-bond acceptors (Lipinski definition) is 6. The molecule has 8 nitrogen and oxygen atoms in total. The number of aromatic nitrogens is 8. The Labute approximate surface area is 134 Å². The van der Waals surface area contributed by atoms with Crippen molar-refractivity contribution in [2.75, 3.05) is 0 Å². The van der Waals surface area contributed by atoms with Crippen molar-refractivity contribution in [1.82, 2.24) is 40.4 Å². The third kappa shape index (κ3) is 3.41. The first kappa shape index (κ1) is 15.3. The monoisotopic (exact) mass is 312 g/mol. The summed E-state index contributed by atoms with van der Waals surface area (Å²) in [6.45, 7) is 7.61. The molecule has 0 aliphatic carbocycles. The van der Waals surface area contributed by atoms with E-state index in [0.29, 0.717) is 18.3 Å². The van der Waals surface area contributed by atoms with Crippen LogP contribution in [0.4, 0.5) is 0 Å². The average molecular weight is 312 g/mol. The van der Waals surface area contributed by atoms with Gasteiger partial charge in [0, 0.05) is 12.1 Å². The summed E-state index contributed by atoms with van der Waals surface area (Å²) < 4.78 is 1.76. The van der Waals surface area contributed by atoms with Crippen LogP contribution < -0.4 is 0 Å². The third-order valence-electron chi connectivity index (χ3n) is 3.61. The van der Waals surface area contributed by atoms with Crippen molar-refractivity contribution in [1.29, 1.82) is 0 Å². The van der Waals surface area contributed by atoms with Gasteiger partial charge in [0.05, 0.1) is 0 Å². The quantitative estimate of drug-likeness (QED) is 0.691. The molecule has 3 aromatic rings. The maximum absolute atomic E-state index is 4.42. The van der Waals surface area contributed by atoms with E-state index in [1.54, 1.807) is 4.68 Å². The summed E-state index contributed by atoms with van der Waals surface area (Å²) in [5.74, 6) is 1.84. The summed E-state index contributed by atoms with van der Waals surface area (Å²) in [5, 5.41) is 24.3. The van der Waals surface area contributed by atoms with Gasteiger partial charge in [-0.1, -0.05) is 45.0 Å². The molecule has 0 radical (unpaired) electrons. The van der Waals surface area contributed by atoms with Crippen molar-refractivity contribution < 1.29 is 0 Å². The van der Waals surface area contributed by atoms with Crippen LogP contribution in [-0.4, -0.2) is 40.4 Å². The Morgan fingerprint density at radius 3 is 2.52 bits per heavy atom. The molecule has 0 unspecified atom stereocenters. The molecule has 0 aliphatic rings. The molecule has 0 saturated heterocycles. The van der Waals surface area contributed by atoms with Gasteiger partial charge in [0.1, 0.15) is 6.54 Å². The van der Waals surface area contributed by atoms with Gasteiger partial charge in [-0.25, -0.2) is 4.68 Å². The lowest BCUT2D eigenvalue weighted by molar-refractivity contribution is 0.500. The van der Waals surface area contributed by atoms with Crippen molar-refractivity contribution in [2.24, 2.45) is 0 Å². The van der Waals surface area contributed by atoms with Crippen molar-refractivity contribution in [2.45, 2.75) is 46.2 Å². The SMILES string of the molecule is CCCn1nnnc1Cn1nnc(-c2ccc(C(C)C)cc2)n1. The fourth-order valence-electron chi connectivity index (χ4n) is 2.29. The molecule has 0 saturated carbocycles. The number of hydrogen-bond donors (Lipinski definition) is 0. The minimum Gasteiger partial charge on any atom is -0.228 e. The van der Waals surface area contributed by atoms with Gasteiger partial charge in [-0.3, -0.25) is 0 Å². The zero-order valence-corrected chi connectivity index (χ0v) is 13.6. The van der Waals surface area contributed by atoms with E-state index in [0.717, 1.165) is 24.4 Å². The lowest BCUT2D eigenvalue weighted by Crippen LogP contribution is -2.12. The number of aryl methyl sites for hydroxylation is 1. The van der Waals surface area contributed by atoms with Gasteiger partial charge in [0.15, 0.2) is 5.82 Å². The molecule has 23 heavy (non-hydrogen) atoms. The summed E-state index contributed by atoms with van der Waals surface area (Å²) in [6, 6.07) is 8.25. The zero-order valence-electron chi connectivity index (χ0n) is 13.6. The van der Waals surface area contributed by atoms with E-state index in [9.17, 15) is 0 Å². The predicted molar refractivity (Wildman–Crippen MR) is 84.6 cm³/mol. The van der Waals surface area contributed by atoms with Gasteiger partial charge >= 0.3 is 0 Å². The molecule has 3 rings (SSSR count). The lowest BCUT2D eigenvalue weighted by atomic mass is 10.0. The highest BCUT2D eigenvalue weighted by molar-refractivity contribution is 5.54. The number of rotatable bonds is 6. The Morgan fingerprint density at radius 2 is 1.83 bits per heavy atom. The fourth-order valence-corrected chi connectivity index (χ4v) is 2.29. The molecule has 0 bridgehead atoms. The first-order valence-electron chi connectivity index (χ1n) is 7.80. The summed E-state index contributed by atoms with van der Waals surface area (Å²) in [6.07, 6.45) is 0.969. The third-order valence-corrected chi connectivity index (χ3v) is 3.61. The molecule has 120 valence electrons. The Morgan fingerprint density at radius 1 is 1.04 bits per heavy atom. The molecule has 0 N–H and O–H groups in total. The predicted octanol–water partition coefficient (Wildman–Crippen LogP) is 1.91. The van der Waals surface area contributed by atoms with Crippen molar-refractivity contribution >= 4 is 0 Å². The number of nitrogens with zero attached hydrogens (tertiary/aromatic N) is 8. The minimum atomic E-state index is 0.407. The van der Waals surface area contributed by atoms with Crippen LogP contribution in [0, 0.1) is 0 Å². The van der Waals surface area contributed by atoms with Gasteiger partial charge in [-0.05, 0) is 33.5 Å². The molecule has 0 amide bonds. The van der Waals surface area contributed by atoms with E-state index in [1.165, 1.54) is 10.4 Å². The van der Waals surface area contributed by atoms with E-state index in [2.05, 4.69) is 63.8 Å². The van der Waals surface area contributed by atoms with E-state index < -0.39 is 0 Å². The van der Waals surface area contributed by atoms with Crippen LogP contribution in [0.2, 0.25) is 0 Å². The Balaban J connectivity index is 1.76. The van der Waals surface area contributed by atoms with Crippen LogP contribution in [-0.2, 0) is 13.1 Å². The van der Waals surface area contributed by atoms with Crippen LogP contribution in [0.5, 0.6) is 0 Å². The second-order valence-electron chi connectivity index (χ2n) is 5.74. The lowest BCUT2D eigenvalue weighted by Gasteiger charge is -2.04. The largest absolute Gasteiger partial charge is 0.228 e. The summed E-state index contributed by atoms with van der Waals surface area (Å²) in [5.41, 5.74) is 2.24. The molecular weight excluding hydrogens is 292 g/mol. The summed E-state index contributed by atoms with van der Waals surface area (Å²) in [7, 11) is 0. The van der Waals surface area contributed by atoms with Gasteiger partial charge < -0.3 is 0 Å². The number of tetrazole rings is 2. The second kappa shape index (κ2) is 6.64. The van der Waals surface area contributed by atoms with Crippen LogP contribution in [0.15, 0.2) is 24.3 Å². The standard InChI is InChI=1S/C15H20N8/c1-4-9-22-14(16-19-21-22)10-23-18-15(17-20-23)13-7-5-12(6-8-13)11(2)3/h5-8,11H,4,9-10H2,1-3H3. The van der Waals surface area contributed by atoms with Gasteiger partial charge in [0.25, 0.3) is 0 Å². The highest BCUT2D eigenvalue weighted by Crippen LogP contribution is 2.19. The first-order chi connectivity index (χ1) is 11.2. The van der Waals surface area contributed by atoms with Gasteiger partial charge in [-0.15, -0.1) is 15.3 Å². The molecular formula is C15H20N8. The smallest absolute Gasteiger partial charge is 0.204 e. The highest BCUT2D eigenvalue weighted by Gasteiger charge is 2.11. The fraction of sp³-hybridized carbons (Fsp3) is 0.467. The molecule has 0 atom stereocenters. The van der Waals surface area contributed by atoms with E-state index in [1.807, 2.05) is 12.1 Å².